The largest absolute Gasteiger partial charge is 0.487 e. The molecule has 2 aromatic carbocycles. The van der Waals surface area contributed by atoms with E-state index in [1.54, 1.807) is 12.1 Å². The van der Waals surface area contributed by atoms with Gasteiger partial charge in [0.1, 0.15) is 5.65 Å². The van der Waals surface area contributed by atoms with Gasteiger partial charge in [-0.15, -0.1) is 0 Å². The number of anilines is 2. The lowest BCUT2D eigenvalue weighted by Gasteiger charge is -2.19. The number of rotatable bonds is 11. The highest BCUT2D eigenvalue weighted by Gasteiger charge is 2.15. The Morgan fingerprint density at radius 3 is 2.55 bits per heavy atom. The van der Waals surface area contributed by atoms with Gasteiger partial charge in [0, 0.05) is 28.9 Å². The number of hydrogen-bond donors (Lipinski definition) is 2. The molecular weight excluding hydrogens is 477 g/mol. The number of nitriles is 1. The molecule has 2 N–H and O–H groups in total. The maximum Gasteiger partial charge on any atom is 0.229 e. The van der Waals surface area contributed by atoms with Crippen molar-refractivity contribution in [2.24, 2.45) is 0 Å². The van der Waals surface area contributed by atoms with E-state index in [-0.39, 0.29) is 11.9 Å². The van der Waals surface area contributed by atoms with E-state index in [1.807, 2.05) is 36.5 Å². The maximum absolute atomic E-state index is 14.9. The van der Waals surface area contributed by atoms with Gasteiger partial charge < -0.3 is 15.0 Å². The van der Waals surface area contributed by atoms with Crippen molar-refractivity contribution in [3.05, 3.63) is 66.1 Å². The predicted octanol–water partition coefficient (Wildman–Crippen LogP) is 8.73. The number of halogens is 1. The Bertz CT molecular complexity index is 1340. The van der Waals surface area contributed by atoms with Crippen LogP contribution in [0, 0.1) is 17.1 Å². The summed E-state index contributed by atoms with van der Waals surface area (Å²) in [5, 5.41) is 13.0. The fourth-order valence-electron chi connectivity index (χ4n) is 4.14. The number of unbranched alkanes of at least 4 members (excludes halogenated alkanes) is 1. The van der Waals surface area contributed by atoms with Gasteiger partial charge in [-0.05, 0) is 42.7 Å². The summed E-state index contributed by atoms with van der Waals surface area (Å²) in [4.78, 5) is 12.4. The quantitative estimate of drug-likeness (QED) is 0.208. The molecule has 2 heterocycles. The lowest BCUT2D eigenvalue weighted by atomic mass is 10.0. The maximum atomic E-state index is 14.9. The van der Waals surface area contributed by atoms with Crippen LogP contribution in [0.5, 0.6) is 5.75 Å². The van der Waals surface area contributed by atoms with Crippen LogP contribution in [0.2, 0.25) is 0 Å². The Balaban J connectivity index is 0.00000127. The van der Waals surface area contributed by atoms with Crippen molar-refractivity contribution in [3.8, 4) is 23.1 Å². The van der Waals surface area contributed by atoms with Crippen LogP contribution in [-0.2, 0) is 6.42 Å². The zero-order valence-electron chi connectivity index (χ0n) is 22.9. The molecule has 1 unspecified atom stereocenters. The highest BCUT2D eigenvalue weighted by atomic mass is 19.1. The molecule has 0 aliphatic carbocycles. The second-order valence-corrected chi connectivity index (χ2v) is 9.32. The lowest BCUT2D eigenvalue weighted by molar-refractivity contribution is 0.169. The van der Waals surface area contributed by atoms with Gasteiger partial charge in [0.05, 0.1) is 24.3 Å². The summed E-state index contributed by atoms with van der Waals surface area (Å²) in [7, 11) is 0. The van der Waals surface area contributed by atoms with Crippen LogP contribution < -0.4 is 10.1 Å². The number of aromatic amines is 1. The van der Waals surface area contributed by atoms with Crippen molar-refractivity contribution in [2.75, 3.05) is 5.32 Å². The number of hydrogen-bond acceptors (Lipinski definition) is 5. The first-order chi connectivity index (χ1) is 18.5. The summed E-state index contributed by atoms with van der Waals surface area (Å²) in [6.07, 6.45) is 8.38. The van der Waals surface area contributed by atoms with E-state index in [2.05, 4.69) is 49.0 Å². The number of benzene rings is 2. The molecule has 38 heavy (non-hydrogen) atoms. The predicted molar refractivity (Wildman–Crippen MR) is 153 cm³/mol. The van der Waals surface area contributed by atoms with E-state index < -0.39 is 5.82 Å². The van der Waals surface area contributed by atoms with Gasteiger partial charge in [-0.25, -0.2) is 9.37 Å². The average Bonchev–Trinajstić information content (AvgIpc) is 3.38. The monoisotopic (exact) mass is 515 g/mol. The molecule has 200 valence electrons. The van der Waals surface area contributed by atoms with Crippen LogP contribution in [-0.4, -0.2) is 21.1 Å². The van der Waals surface area contributed by atoms with Crippen LogP contribution >= 0.6 is 0 Å². The molecule has 4 aromatic rings. The smallest absolute Gasteiger partial charge is 0.229 e. The molecule has 0 saturated carbocycles. The van der Waals surface area contributed by atoms with Crippen LogP contribution in [0.4, 0.5) is 16.0 Å². The van der Waals surface area contributed by atoms with E-state index in [9.17, 15) is 4.39 Å². The summed E-state index contributed by atoms with van der Waals surface area (Å²) in [6, 6.07) is 16.7. The van der Waals surface area contributed by atoms with E-state index >= 15 is 0 Å². The normalized spacial score (nSPS) is 11.4. The molecular formula is C31H38FN5O. The third kappa shape index (κ3) is 7.79. The van der Waals surface area contributed by atoms with Crippen molar-refractivity contribution in [3.63, 3.8) is 0 Å². The Kier molecular flexibility index (Phi) is 11.1. The zero-order chi connectivity index (χ0) is 27.3. The number of H-pyrrole nitrogens is 1. The third-order valence-electron chi connectivity index (χ3n) is 5.87. The molecule has 0 fully saturated rings. The average molecular weight is 516 g/mol. The highest BCUT2D eigenvalue weighted by molar-refractivity contribution is 5.92. The third-order valence-corrected chi connectivity index (χ3v) is 5.87. The second kappa shape index (κ2) is 14.7. The number of fused-ring (bicyclic) bond motifs is 1. The Hall–Kier alpha value is -3.92. The topological polar surface area (TPSA) is 86.6 Å². The van der Waals surface area contributed by atoms with E-state index in [0.717, 1.165) is 54.3 Å². The molecule has 0 spiro atoms. The molecule has 0 radical (unpaired) electrons. The van der Waals surface area contributed by atoms with Crippen LogP contribution in [0.25, 0.3) is 22.3 Å². The number of ether oxygens (including phenoxy) is 1. The molecule has 0 aliphatic rings. The first-order valence-electron chi connectivity index (χ1n) is 13.6. The standard InChI is InChI=1S/C28H30FN5O.C3H8/c1-3-5-10-22(7-4-2)35-25-12-11-21(18-24(25)29)32-28-33-26(23-14-16-31-27(23)34-28)20-9-6-8-19(17-20)13-15-30;1-3-2/h6,8-9,11-12,14,16-18,22H,3-5,7,10,13H2,1-2H3,(H2,31,32,33,34);3H2,1-2H3. The van der Waals surface area contributed by atoms with Crippen LogP contribution in [0.15, 0.2) is 54.7 Å². The van der Waals surface area contributed by atoms with Crippen molar-refractivity contribution < 1.29 is 9.13 Å². The van der Waals surface area contributed by atoms with Gasteiger partial charge in [-0.3, -0.25) is 0 Å². The molecule has 7 heteroatoms. The van der Waals surface area contributed by atoms with Crippen molar-refractivity contribution in [1.29, 1.82) is 5.26 Å². The first kappa shape index (κ1) is 28.6. The Labute approximate surface area is 225 Å². The minimum atomic E-state index is -0.419. The molecule has 0 aliphatic heterocycles. The van der Waals surface area contributed by atoms with Crippen molar-refractivity contribution in [1.82, 2.24) is 15.0 Å². The molecule has 6 nitrogen and oxygen atoms in total. The van der Waals surface area contributed by atoms with E-state index in [0.29, 0.717) is 23.7 Å². The minimum Gasteiger partial charge on any atom is -0.487 e. The molecule has 1 atom stereocenters. The van der Waals surface area contributed by atoms with Crippen molar-refractivity contribution in [2.45, 2.75) is 78.7 Å². The molecule has 2 aromatic heterocycles. The van der Waals surface area contributed by atoms with Gasteiger partial charge in [0.2, 0.25) is 5.95 Å². The number of aromatic nitrogens is 3. The second-order valence-electron chi connectivity index (χ2n) is 9.32. The van der Waals surface area contributed by atoms with Gasteiger partial charge in [-0.2, -0.15) is 10.2 Å². The summed E-state index contributed by atoms with van der Waals surface area (Å²) in [6.45, 7) is 8.51. The molecule has 4 rings (SSSR count). The van der Waals surface area contributed by atoms with Gasteiger partial charge >= 0.3 is 0 Å². The van der Waals surface area contributed by atoms with Gasteiger partial charge in [-0.1, -0.05) is 71.6 Å². The highest BCUT2D eigenvalue weighted by Crippen LogP contribution is 2.30. The summed E-state index contributed by atoms with van der Waals surface area (Å²) < 4.78 is 20.9. The summed E-state index contributed by atoms with van der Waals surface area (Å²) in [5.41, 5.74) is 3.74. The number of nitrogens with zero attached hydrogens (tertiary/aromatic N) is 3. The van der Waals surface area contributed by atoms with Crippen LogP contribution in [0.1, 0.15) is 71.8 Å². The van der Waals surface area contributed by atoms with Crippen LogP contribution in [0.3, 0.4) is 0 Å². The first-order valence-corrected chi connectivity index (χ1v) is 13.6. The Morgan fingerprint density at radius 2 is 1.84 bits per heavy atom. The molecule has 0 bridgehead atoms. The van der Waals surface area contributed by atoms with E-state index in [1.165, 1.54) is 12.5 Å². The Morgan fingerprint density at radius 1 is 1.03 bits per heavy atom. The molecule has 0 amide bonds. The van der Waals surface area contributed by atoms with Gasteiger partial charge in [0.25, 0.3) is 0 Å². The fourth-order valence-corrected chi connectivity index (χ4v) is 4.14. The lowest BCUT2D eigenvalue weighted by Crippen LogP contribution is -2.17. The minimum absolute atomic E-state index is 0.0197. The fraction of sp³-hybridized carbons (Fsp3) is 0.387. The molecule has 0 saturated heterocycles. The van der Waals surface area contributed by atoms with Crippen molar-refractivity contribution >= 4 is 22.7 Å². The van der Waals surface area contributed by atoms with Gasteiger partial charge in [0.15, 0.2) is 11.6 Å². The summed E-state index contributed by atoms with van der Waals surface area (Å²) in [5.74, 6) is 0.194. The SMILES string of the molecule is CCC.CCCCC(CCC)Oc1ccc(Nc2nc(-c3cccc(CC#N)c3)c3cc[nH]c3n2)cc1F. The van der Waals surface area contributed by atoms with E-state index in [4.69, 9.17) is 15.0 Å². The summed E-state index contributed by atoms with van der Waals surface area (Å²) >= 11 is 0. The zero-order valence-corrected chi connectivity index (χ0v) is 22.9. The number of nitrogens with one attached hydrogen (secondary N) is 2.